The van der Waals surface area contributed by atoms with Gasteiger partial charge in [0.1, 0.15) is 17.4 Å². The Morgan fingerprint density at radius 3 is 2.62 bits per heavy atom. The van der Waals surface area contributed by atoms with Gasteiger partial charge in [0.05, 0.1) is 12.8 Å². The average molecular weight is 441 g/mol. The fraction of sp³-hybridized carbons (Fsp3) is 0.217. The highest BCUT2D eigenvalue weighted by Gasteiger charge is 2.59. The van der Waals surface area contributed by atoms with E-state index in [2.05, 4.69) is 10.3 Å². The Kier molecular flexibility index (Phi) is 4.88. The summed E-state index contributed by atoms with van der Waals surface area (Å²) in [6.07, 6.45) is 1.36. The first-order chi connectivity index (χ1) is 15.4. The number of aromatic nitrogens is 1. The van der Waals surface area contributed by atoms with Crippen LogP contribution in [-0.4, -0.2) is 35.6 Å². The Hall–Kier alpha value is -3.75. The van der Waals surface area contributed by atoms with E-state index in [1.54, 1.807) is 25.2 Å². The molecule has 1 aliphatic heterocycles. The number of ether oxygens (including phenoxy) is 2. The molecule has 9 heteroatoms. The van der Waals surface area contributed by atoms with Gasteiger partial charge in [0, 0.05) is 30.5 Å². The number of fused-ring (bicyclic) bond motifs is 3. The smallest absolute Gasteiger partial charge is 0.323 e. The number of halogens is 3. The fourth-order valence-electron chi connectivity index (χ4n) is 4.16. The minimum Gasteiger partial charge on any atom is -0.490 e. The predicted molar refractivity (Wildman–Crippen MR) is 109 cm³/mol. The number of hydrogen-bond donors (Lipinski definition) is 1. The molecule has 1 aliphatic carbocycles. The molecule has 32 heavy (non-hydrogen) atoms. The Balaban J connectivity index is 1.25. The van der Waals surface area contributed by atoms with Crippen LogP contribution >= 0.6 is 0 Å². The standard InChI is InChI=1S/C23H18F3N3O3/c1-29(21-13-11-31-22-16(26)8-7-15(25)20(22)19(13)21)23(30)28-18-9-6-12(10-27-18)32-17-5-3-2-4-14(17)24/h2-10,13,19,21H,11H2,1H3,(H,27,28,30)/t13-,19-,21-/m1/s1. The lowest BCUT2D eigenvalue weighted by Gasteiger charge is -2.18. The zero-order valence-corrected chi connectivity index (χ0v) is 16.9. The topological polar surface area (TPSA) is 63.7 Å². The molecule has 1 aromatic heterocycles. The largest absolute Gasteiger partial charge is 0.490 e. The van der Waals surface area contributed by atoms with E-state index in [-0.39, 0.29) is 47.4 Å². The molecule has 0 bridgehead atoms. The third-order valence-electron chi connectivity index (χ3n) is 5.78. The Morgan fingerprint density at radius 1 is 1.09 bits per heavy atom. The molecule has 6 nitrogen and oxygen atoms in total. The third-order valence-corrected chi connectivity index (χ3v) is 5.78. The number of amides is 2. The van der Waals surface area contributed by atoms with Gasteiger partial charge >= 0.3 is 6.03 Å². The first kappa shape index (κ1) is 20.2. The Morgan fingerprint density at radius 2 is 1.88 bits per heavy atom. The molecule has 3 aromatic rings. The zero-order chi connectivity index (χ0) is 22.4. The second-order valence-corrected chi connectivity index (χ2v) is 7.72. The fourth-order valence-corrected chi connectivity index (χ4v) is 4.16. The van der Waals surface area contributed by atoms with Gasteiger partial charge in [0.25, 0.3) is 0 Å². The lowest BCUT2D eigenvalue weighted by Crippen LogP contribution is -2.35. The van der Waals surface area contributed by atoms with E-state index in [9.17, 15) is 18.0 Å². The first-order valence-corrected chi connectivity index (χ1v) is 9.97. The third kappa shape index (κ3) is 3.49. The summed E-state index contributed by atoms with van der Waals surface area (Å²) in [5.41, 5.74) is 0.179. The SMILES string of the molecule is CN(C(=O)Nc1ccc(Oc2ccccc2F)cn1)[C@@H]1[C@@H]2COc3c(F)ccc(F)c3[C@@H]21. The van der Waals surface area contributed by atoms with E-state index in [1.165, 1.54) is 29.3 Å². The van der Waals surface area contributed by atoms with Gasteiger partial charge in [0.2, 0.25) is 0 Å². The van der Waals surface area contributed by atoms with E-state index in [0.29, 0.717) is 5.75 Å². The normalized spacial score (nSPS) is 20.4. The average Bonchev–Trinajstić information content (AvgIpc) is 3.53. The van der Waals surface area contributed by atoms with Crippen molar-refractivity contribution in [3.63, 3.8) is 0 Å². The van der Waals surface area contributed by atoms with Gasteiger partial charge in [0.15, 0.2) is 23.1 Å². The molecule has 0 spiro atoms. The summed E-state index contributed by atoms with van der Waals surface area (Å²) in [4.78, 5) is 18.3. The van der Waals surface area contributed by atoms with E-state index in [1.807, 2.05) is 0 Å². The van der Waals surface area contributed by atoms with Crippen LogP contribution in [0.15, 0.2) is 54.7 Å². The Bertz CT molecular complexity index is 1190. The van der Waals surface area contributed by atoms with E-state index < -0.39 is 23.5 Å². The summed E-state index contributed by atoms with van der Waals surface area (Å²) < 4.78 is 52.9. The number of nitrogens with zero attached hydrogens (tertiary/aromatic N) is 2. The monoisotopic (exact) mass is 441 g/mol. The van der Waals surface area contributed by atoms with Crippen LogP contribution in [0.3, 0.4) is 0 Å². The first-order valence-electron chi connectivity index (χ1n) is 9.97. The van der Waals surface area contributed by atoms with Gasteiger partial charge in [-0.15, -0.1) is 0 Å². The predicted octanol–water partition coefficient (Wildman–Crippen LogP) is 4.93. The van der Waals surface area contributed by atoms with Crippen LogP contribution in [0.25, 0.3) is 0 Å². The summed E-state index contributed by atoms with van der Waals surface area (Å²) in [6, 6.07) is 10.4. The molecule has 2 heterocycles. The number of benzene rings is 2. The highest BCUT2D eigenvalue weighted by molar-refractivity contribution is 5.88. The minimum atomic E-state index is -0.612. The highest BCUT2D eigenvalue weighted by Crippen LogP contribution is 2.57. The summed E-state index contributed by atoms with van der Waals surface area (Å²) >= 11 is 0. The van der Waals surface area contributed by atoms with Gasteiger partial charge in [-0.1, -0.05) is 12.1 Å². The van der Waals surface area contributed by atoms with Crippen molar-refractivity contribution in [3.8, 4) is 17.2 Å². The van der Waals surface area contributed by atoms with Crippen molar-refractivity contribution in [3.05, 3.63) is 77.7 Å². The van der Waals surface area contributed by atoms with Crippen molar-refractivity contribution >= 4 is 11.8 Å². The number of rotatable bonds is 4. The number of anilines is 1. The minimum absolute atomic E-state index is 0.0633. The summed E-state index contributed by atoms with van der Waals surface area (Å²) in [6.45, 7) is 0.209. The second kappa shape index (κ2) is 7.74. The van der Waals surface area contributed by atoms with Gasteiger partial charge in [-0.3, -0.25) is 5.32 Å². The van der Waals surface area contributed by atoms with Crippen LogP contribution in [0.1, 0.15) is 11.5 Å². The maximum atomic E-state index is 14.3. The van der Waals surface area contributed by atoms with Crippen molar-refractivity contribution in [2.75, 3.05) is 19.0 Å². The van der Waals surface area contributed by atoms with Crippen LogP contribution < -0.4 is 14.8 Å². The molecule has 0 saturated heterocycles. The van der Waals surface area contributed by atoms with Crippen LogP contribution in [0.4, 0.5) is 23.8 Å². The number of para-hydroxylation sites is 1. The molecular weight excluding hydrogens is 423 g/mol. The van der Waals surface area contributed by atoms with Gasteiger partial charge in [-0.25, -0.2) is 22.9 Å². The van der Waals surface area contributed by atoms with Crippen molar-refractivity contribution in [2.45, 2.75) is 12.0 Å². The second-order valence-electron chi connectivity index (χ2n) is 7.72. The molecule has 0 unspecified atom stereocenters. The number of likely N-dealkylation sites (N-methyl/N-ethyl adjacent to an activating group) is 1. The van der Waals surface area contributed by atoms with E-state index in [4.69, 9.17) is 9.47 Å². The number of hydrogen-bond acceptors (Lipinski definition) is 4. The van der Waals surface area contributed by atoms with E-state index in [0.717, 1.165) is 12.1 Å². The van der Waals surface area contributed by atoms with E-state index >= 15 is 0 Å². The highest BCUT2D eigenvalue weighted by atomic mass is 19.1. The maximum absolute atomic E-state index is 14.3. The lowest BCUT2D eigenvalue weighted by atomic mass is 10.0. The number of nitrogens with one attached hydrogen (secondary N) is 1. The molecule has 1 saturated carbocycles. The molecule has 2 aliphatic rings. The molecule has 1 fully saturated rings. The quantitative estimate of drug-likeness (QED) is 0.624. The molecular formula is C23H18F3N3O3. The van der Waals surface area contributed by atoms with Crippen LogP contribution in [0, 0.1) is 23.4 Å². The number of urea groups is 1. The number of carbonyl (C=O) groups excluding carboxylic acids is 1. The van der Waals surface area contributed by atoms with Crippen LogP contribution in [0.2, 0.25) is 0 Å². The summed E-state index contributed by atoms with van der Waals surface area (Å²) in [5.74, 6) is -1.53. The van der Waals surface area contributed by atoms with Crippen molar-refractivity contribution in [1.82, 2.24) is 9.88 Å². The summed E-state index contributed by atoms with van der Waals surface area (Å²) in [7, 11) is 1.59. The zero-order valence-electron chi connectivity index (χ0n) is 16.9. The lowest BCUT2D eigenvalue weighted by molar-refractivity contribution is 0.213. The van der Waals surface area contributed by atoms with Gasteiger partial charge < -0.3 is 14.4 Å². The van der Waals surface area contributed by atoms with Crippen molar-refractivity contribution < 1.29 is 27.4 Å². The van der Waals surface area contributed by atoms with Crippen LogP contribution in [0.5, 0.6) is 17.2 Å². The maximum Gasteiger partial charge on any atom is 0.323 e. The van der Waals surface area contributed by atoms with Crippen molar-refractivity contribution in [2.24, 2.45) is 5.92 Å². The molecule has 0 radical (unpaired) electrons. The number of pyridine rings is 1. The molecule has 1 N–H and O–H groups in total. The summed E-state index contributed by atoms with van der Waals surface area (Å²) in [5, 5.41) is 2.66. The van der Waals surface area contributed by atoms with Gasteiger partial charge in [-0.05, 0) is 36.4 Å². The van der Waals surface area contributed by atoms with Gasteiger partial charge in [-0.2, -0.15) is 0 Å². The van der Waals surface area contributed by atoms with Crippen molar-refractivity contribution in [1.29, 1.82) is 0 Å². The molecule has 3 atom stereocenters. The number of carbonyl (C=O) groups is 1. The van der Waals surface area contributed by atoms with Crippen LogP contribution in [-0.2, 0) is 0 Å². The Labute approximate surface area is 181 Å². The molecule has 164 valence electrons. The molecule has 2 amide bonds. The molecule has 2 aromatic carbocycles. The molecule has 5 rings (SSSR count).